The van der Waals surface area contributed by atoms with Crippen LogP contribution in [0.4, 0.5) is 0 Å². The highest BCUT2D eigenvalue weighted by Crippen LogP contribution is 2.29. The third-order valence-corrected chi connectivity index (χ3v) is 5.26. The van der Waals surface area contributed by atoms with Crippen molar-refractivity contribution in [2.75, 3.05) is 26.2 Å². The van der Waals surface area contributed by atoms with Crippen molar-refractivity contribution < 1.29 is 0 Å². The van der Waals surface area contributed by atoms with Crippen LogP contribution >= 0.6 is 15.9 Å². The van der Waals surface area contributed by atoms with Gasteiger partial charge < -0.3 is 5.32 Å². The number of nitrogens with zero attached hydrogens (tertiary/aromatic N) is 3. The van der Waals surface area contributed by atoms with E-state index in [1.54, 1.807) is 0 Å². The van der Waals surface area contributed by atoms with Gasteiger partial charge in [0.1, 0.15) is 0 Å². The summed E-state index contributed by atoms with van der Waals surface area (Å²) in [6, 6.07) is 0. The smallest absolute Gasteiger partial charge is 0.0767 e. The summed E-state index contributed by atoms with van der Waals surface area (Å²) in [7, 11) is 2.05. The molecule has 2 saturated heterocycles. The highest BCUT2D eigenvalue weighted by molar-refractivity contribution is 9.10. The minimum atomic E-state index is 0.864. The van der Waals surface area contributed by atoms with Crippen LogP contribution in [0.15, 0.2) is 4.47 Å². The number of hydrogen-bond acceptors (Lipinski definition) is 3. The zero-order chi connectivity index (χ0) is 12.7. The molecular weight excluding hydrogens is 292 g/mol. The highest BCUT2D eigenvalue weighted by atomic mass is 79.9. The second-order valence-electron chi connectivity index (χ2n) is 5.56. The Hall–Kier alpha value is -0.390. The molecule has 2 fully saturated rings. The molecule has 3 rings (SSSR count). The normalized spacial score (nSPS) is 27.9. The van der Waals surface area contributed by atoms with Crippen LogP contribution in [-0.4, -0.2) is 40.9 Å². The monoisotopic (exact) mass is 312 g/mol. The minimum Gasteiger partial charge on any atom is -0.316 e. The number of aryl methyl sites for hydroxylation is 2. The van der Waals surface area contributed by atoms with Crippen LogP contribution in [0.5, 0.6) is 0 Å². The van der Waals surface area contributed by atoms with Crippen molar-refractivity contribution in [1.82, 2.24) is 20.0 Å². The van der Waals surface area contributed by atoms with Gasteiger partial charge in [0.15, 0.2) is 0 Å². The maximum Gasteiger partial charge on any atom is 0.0767 e. The van der Waals surface area contributed by atoms with Gasteiger partial charge in [-0.2, -0.15) is 5.10 Å². The fraction of sp³-hybridized carbons (Fsp3) is 0.769. The Kier molecular flexibility index (Phi) is 3.47. The molecule has 0 aliphatic carbocycles. The number of halogens is 1. The fourth-order valence-electron chi connectivity index (χ4n) is 3.29. The van der Waals surface area contributed by atoms with E-state index in [-0.39, 0.29) is 0 Å². The summed E-state index contributed by atoms with van der Waals surface area (Å²) < 4.78 is 3.25. The summed E-state index contributed by atoms with van der Waals surface area (Å²) in [6.45, 7) is 8.05. The predicted octanol–water partition coefficient (Wildman–Crippen LogP) is 1.40. The molecule has 2 aliphatic rings. The third-order valence-electron chi connectivity index (χ3n) is 4.34. The second-order valence-corrected chi connectivity index (χ2v) is 6.35. The number of nitrogens with one attached hydrogen (secondary N) is 1. The minimum absolute atomic E-state index is 0.864. The van der Waals surface area contributed by atoms with Gasteiger partial charge in [-0.1, -0.05) is 6.92 Å². The SMILES string of the molecule is CCc1nn(C)c(CN2C[C@H]3CNC[C@H]3C2)c1Br. The van der Waals surface area contributed by atoms with Gasteiger partial charge in [-0.15, -0.1) is 0 Å². The van der Waals surface area contributed by atoms with E-state index in [9.17, 15) is 0 Å². The molecule has 18 heavy (non-hydrogen) atoms. The largest absolute Gasteiger partial charge is 0.316 e. The molecule has 0 bridgehead atoms. The van der Waals surface area contributed by atoms with E-state index < -0.39 is 0 Å². The molecule has 5 heteroatoms. The Labute approximate surface area is 117 Å². The first-order valence-corrected chi connectivity index (χ1v) is 7.61. The molecule has 2 aliphatic heterocycles. The molecule has 1 aromatic heterocycles. The lowest BCUT2D eigenvalue weighted by atomic mass is 10.0. The average molecular weight is 313 g/mol. The van der Waals surface area contributed by atoms with Crippen molar-refractivity contribution in [2.24, 2.45) is 18.9 Å². The van der Waals surface area contributed by atoms with E-state index in [1.165, 1.54) is 42.0 Å². The second kappa shape index (κ2) is 4.94. The van der Waals surface area contributed by atoms with Crippen molar-refractivity contribution in [2.45, 2.75) is 19.9 Å². The summed E-state index contributed by atoms with van der Waals surface area (Å²) in [5.41, 5.74) is 2.49. The first-order valence-electron chi connectivity index (χ1n) is 6.82. The van der Waals surface area contributed by atoms with E-state index in [0.717, 1.165) is 24.8 Å². The van der Waals surface area contributed by atoms with Gasteiger partial charge in [0, 0.05) is 26.7 Å². The predicted molar refractivity (Wildman–Crippen MR) is 75.4 cm³/mol. The maximum atomic E-state index is 4.57. The van der Waals surface area contributed by atoms with Crippen LogP contribution in [0.3, 0.4) is 0 Å². The van der Waals surface area contributed by atoms with Crippen LogP contribution in [0.25, 0.3) is 0 Å². The first kappa shape index (κ1) is 12.6. The van der Waals surface area contributed by atoms with Gasteiger partial charge in [0.2, 0.25) is 0 Å². The summed E-state index contributed by atoms with van der Waals surface area (Å²) in [5.74, 6) is 1.73. The Bertz CT molecular complexity index is 430. The van der Waals surface area contributed by atoms with Crippen molar-refractivity contribution in [3.8, 4) is 0 Å². The molecule has 1 aromatic rings. The van der Waals surface area contributed by atoms with Crippen LogP contribution in [0, 0.1) is 11.8 Å². The van der Waals surface area contributed by atoms with Gasteiger partial charge in [-0.25, -0.2) is 0 Å². The zero-order valence-corrected chi connectivity index (χ0v) is 12.7. The van der Waals surface area contributed by atoms with Crippen molar-refractivity contribution in [3.63, 3.8) is 0 Å². The number of aromatic nitrogens is 2. The van der Waals surface area contributed by atoms with Crippen molar-refractivity contribution in [1.29, 1.82) is 0 Å². The number of rotatable bonds is 3. The summed E-state index contributed by atoms with van der Waals surface area (Å²) >= 11 is 3.71. The number of fused-ring (bicyclic) bond motifs is 1. The summed E-state index contributed by atoms with van der Waals surface area (Å²) in [6.07, 6.45) is 0.990. The van der Waals surface area contributed by atoms with Gasteiger partial charge in [-0.3, -0.25) is 9.58 Å². The van der Waals surface area contributed by atoms with E-state index >= 15 is 0 Å². The van der Waals surface area contributed by atoms with E-state index in [2.05, 4.69) is 45.2 Å². The molecule has 4 nitrogen and oxygen atoms in total. The van der Waals surface area contributed by atoms with Gasteiger partial charge in [0.05, 0.1) is 15.9 Å². The quantitative estimate of drug-likeness (QED) is 0.916. The molecule has 0 saturated carbocycles. The van der Waals surface area contributed by atoms with Gasteiger partial charge >= 0.3 is 0 Å². The van der Waals surface area contributed by atoms with Crippen LogP contribution in [0.2, 0.25) is 0 Å². The molecule has 0 radical (unpaired) electrons. The molecule has 2 atom stereocenters. The van der Waals surface area contributed by atoms with Crippen molar-refractivity contribution >= 4 is 15.9 Å². The fourth-order valence-corrected chi connectivity index (χ4v) is 4.03. The van der Waals surface area contributed by atoms with E-state index in [1.807, 2.05) is 4.68 Å². The molecule has 0 amide bonds. The van der Waals surface area contributed by atoms with Crippen LogP contribution in [0.1, 0.15) is 18.3 Å². The Balaban J connectivity index is 1.72. The molecule has 0 unspecified atom stereocenters. The lowest BCUT2D eigenvalue weighted by molar-refractivity contribution is 0.296. The van der Waals surface area contributed by atoms with Gasteiger partial charge in [0.25, 0.3) is 0 Å². The molecule has 0 aromatic carbocycles. The number of likely N-dealkylation sites (tertiary alicyclic amines) is 1. The Morgan fingerprint density at radius 1 is 1.33 bits per heavy atom. The molecule has 3 heterocycles. The lowest BCUT2D eigenvalue weighted by Crippen LogP contribution is -2.26. The van der Waals surface area contributed by atoms with Crippen molar-refractivity contribution in [3.05, 3.63) is 15.9 Å². The van der Waals surface area contributed by atoms with Crippen LogP contribution < -0.4 is 5.32 Å². The lowest BCUT2D eigenvalue weighted by Gasteiger charge is -2.17. The van der Waals surface area contributed by atoms with Gasteiger partial charge in [-0.05, 0) is 47.3 Å². The highest BCUT2D eigenvalue weighted by Gasteiger charge is 2.36. The molecule has 100 valence electrons. The Morgan fingerprint density at radius 2 is 2.00 bits per heavy atom. The first-order chi connectivity index (χ1) is 8.69. The third kappa shape index (κ3) is 2.12. The summed E-state index contributed by atoms with van der Waals surface area (Å²) in [4.78, 5) is 2.58. The standard InChI is InChI=1S/C13H21BrN4/c1-3-11-13(14)12(17(2)16-11)8-18-6-9-4-15-5-10(9)7-18/h9-10,15H,3-8H2,1-2H3/t9-,10+. The molecule has 0 spiro atoms. The maximum absolute atomic E-state index is 4.57. The van der Waals surface area contributed by atoms with E-state index in [4.69, 9.17) is 0 Å². The average Bonchev–Trinajstić information content (AvgIpc) is 2.97. The topological polar surface area (TPSA) is 33.1 Å². The van der Waals surface area contributed by atoms with E-state index in [0.29, 0.717) is 0 Å². The molecule has 1 N–H and O–H groups in total. The molecular formula is C13H21BrN4. The zero-order valence-electron chi connectivity index (χ0n) is 11.1. The number of hydrogen-bond donors (Lipinski definition) is 1. The summed E-state index contributed by atoms with van der Waals surface area (Å²) in [5, 5.41) is 8.06. The Morgan fingerprint density at radius 3 is 2.56 bits per heavy atom. The van der Waals surface area contributed by atoms with Crippen LogP contribution in [-0.2, 0) is 20.0 Å².